The number of halogens is 2. The van der Waals surface area contributed by atoms with E-state index in [1.165, 1.54) is 0 Å². The summed E-state index contributed by atoms with van der Waals surface area (Å²) < 4.78 is 10.6. The summed E-state index contributed by atoms with van der Waals surface area (Å²) in [6.07, 6.45) is 1.34. The number of rotatable bonds is 9. The third kappa shape index (κ3) is 6.79. The van der Waals surface area contributed by atoms with Crippen LogP contribution in [0.4, 0.5) is 16.3 Å². The predicted molar refractivity (Wildman–Crippen MR) is 148 cm³/mol. The van der Waals surface area contributed by atoms with Gasteiger partial charge >= 0.3 is 6.09 Å². The molecule has 0 radical (unpaired) electrons. The maximum Gasteiger partial charge on any atom is 0.413 e. The van der Waals surface area contributed by atoms with Crippen molar-refractivity contribution in [1.82, 2.24) is 15.7 Å². The van der Waals surface area contributed by atoms with Crippen LogP contribution in [0.25, 0.3) is 0 Å². The van der Waals surface area contributed by atoms with Crippen molar-refractivity contribution >= 4 is 52.6 Å². The van der Waals surface area contributed by atoms with Crippen molar-refractivity contribution in [1.29, 1.82) is 5.26 Å². The fourth-order valence-corrected chi connectivity index (χ4v) is 4.48. The molecule has 11 nitrogen and oxygen atoms in total. The Bertz CT molecular complexity index is 1440. The molecular formula is C27H24Cl2N6O5. The summed E-state index contributed by atoms with van der Waals surface area (Å²) in [5, 5.41) is 11.6. The molecule has 4 rings (SSSR count). The molecular weight excluding hydrogens is 559 g/mol. The minimum absolute atomic E-state index is 0.0922. The van der Waals surface area contributed by atoms with E-state index in [-0.39, 0.29) is 34.9 Å². The van der Waals surface area contributed by atoms with Gasteiger partial charge in [-0.05, 0) is 61.4 Å². The third-order valence-electron chi connectivity index (χ3n) is 5.81. The SMILES string of the molecule is CCOC(=O)NC(=O)C(C#N)CNNc1cc(Cl)c(Oc2ccc3c(c2)CCN(c2ccccn2)C3=O)c(Cl)c1. The Morgan fingerprint density at radius 1 is 1.18 bits per heavy atom. The normalized spacial score (nSPS) is 13.1. The highest BCUT2D eigenvalue weighted by Crippen LogP contribution is 2.39. The quantitative estimate of drug-likeness (QED) is 0.305. The van der Waals surface area contributed by atoms with Gasteiger partial charge in [0.25, 0.3) is 5.91 Å². The maximum absolute atomic E-state index is 13.0. The predicted octanol–water partition coefficient (Wildman–Crippen LogP) is 4.71. The lowest BCUT2D eigenvalue weighted by atomic mass is 9.98. The van der Waals surface area contributed by atoms with Gasteiger partial charge in [-0.2, -0.15) is 5.26 Å². The number of ether oxygens (including phenoxy) is 2. The number of hydrogen-bond donors (Lipinski definition) is 3. The van der Waals surface area contributed by atoms with Gasteiger partial charge in [0.2, 0.25) is 5.91 Å². The summed E-state index contributed by atoms with van der Waals surface area (Å²) in [4.78, 5) is 42.4. The van der Waals surface area contributed by atoms with Crippen molar-refractivity contribution in [3.05, 3.63) is 75.9 Å². The molecule has 1 unspecified atom stereocenters. The Kier molecular flexibility index (Phi) is 9.39. The van der Waals surface area contributed by atoms with E-state index < -0.39 is 17.9 Å². The molecule has 0 fully saturated rings. The van der Waals surface area contributed by atoms with Gasteiger partial charge in [0.1, 0.15) is 17.5 Å². The number of nitriles is 1. The highest BCUT2D eigenvalue weighted by atomic mass is 35.5. The van der Waals surface area contributed by atoms with Crippen molar-refractivity contribution in [2.45, 2.75) is 13.3 Å². The number of hydrazine groups is 1. The first kappa shape index (κ1) is 28.6. The molecule has 0 spiro atoms. The Balaban J connectivity index is 1.38. The molecule has 2 aromatic carbocycles. The Morgan fingerprint density at radius 3 is 2.62 bits per heavy atom. The van der Waals surface area contributed by atoms with E-state index >= 15 is 0 Å². The van der Waals surface area contributed by atoms with E-state index in [1.54, 1.807) is 60.5 Å². The molecule has 206 valence electrons. The number of fused-ring (bicyclic) bond motifs is 1. The van der Waals surface area contributed by atoms with E-state index in [9.17, 15) is 19.6 Å². The number of pyridine rings is 1. The van der Waals surface area contributed by atoms with Crippen LogP contribution in [0, 0.1) is 17.2 Å². The fourth-order valence-electron chi connectivity index (χ4n) is 3.91. The standard InChI is InChI=1S/C27H24Cl2N6O5/c1-2-39-27(38)33-25(36)17(14-30)15-32-34-18-12-21(28)24(22(29)13-18)40-19-6-7-20-16(11-19)8-10-35(26(20)37)23-5-3-4-9-31-23/h3-7,9,11-13,17,32,34H,2,8,10,15H2,1H3,(H,33,36,38). The minimum atomic E-state index is -1.17. The lowest BCUT2D eigenvalue weighted by molar-refractivity contribution is -0.122. The topological polar surface area (TPSA) is 146 Å². The van der Waals surface area contributed by atoms with E-state index in [0.29, 0.717) is 35.8 Å². The summed E-state index contributed by atoms with van der Waals surface area (Å²) in [6.45, 7) is 2.05. The van der Waals surface area contributed by atoms with Crippen LogP contribution in [0.15, 0.2) is 54.7 Å². The maximum atomic E-state index is 13.0. The van der Waals surface area contributed by atoms with Gasteiger partial charge in [-0.3, -0.25) is 19.8 Å². The minimum Gasteiger partial charge on any atom is -0.454 e. The molecule has 1 atom stereocenters. The number of anilines is 2. The zero-order valence-corrected chi connectivity index (χ0v) is 22.8. The Morgan fingerprint density at radius 2 is 1.95 bits per heavy atom. The zero-order valence-electron chi connectivity index (χ0n) is 21.2. The number of amides is 3. The number of aromatic nitrogens is 1. The van der Waals surface area contributed by atoms with Crippen LogP contribution in [0.1, 0.15) is 22.8 Å². The number of nitrogens with one attached hydrogen (secondary N) is 3. The first-order chi connectivity index (χ1) is 19.3. The van der Waals surface area contributed by atoms with Gasteiger partial charge in [-0.1, -0.05) is 29.3 Å². The number of carbonyl (C=O) groups excluding carboxylic acids is 3. The first-order valence-corrected chi connectivity index (χ1v) is 12.9. The molecule has 40 heavy (non-hydrogen) atoms. The van der Waals surface area contributed by atoms with Crippen molar-refractivity contribution in [2.24, 2.45) is 5.92 Å². The largest absolute Gasteiger partial charge is 0.454 e. The average molecular weight is 583 g/mol. The Hall–Kier alpha value is -4.37. The molecule has 0 saturated carbocycles. The van der Waals surface area contributed by atoms with Gasteiger partial charge in [-0.15, -0.1) is 0 Å². The summed E-state index contributed by atoms with van der Waals surface area (Å²) in [5.74, 6) is -0.825. The van der Waals surface area contributed by atoms with E-state index in [4.69, 9.17) is 27.9 Å². The van der Waals surface area contributed by atoms with Gasteiger partial charge in [-0.25, -0.2) is 15.2 Å². The molecule has 1 aliphatic rings. The lowest BCUT2D eigenvalue weighted by Gasteiger charge is -2.28. The second-order valence-electron chi connectivity index (χ2n) is 8.48. The summed E-state index contributed by atoms with van der Waals surface area (Å²) in [7, 11) is 0. The molecule has 3 aromatic rings. The van der Waals surface area contributed by atoms with Crippen LogP contribution in [0.5, 0.6) is 11.5 Å². The van der Waals surface area contributed by atoms with Crippen LogP contribution in [-0.4, -0.2) is 42.6 Å². The number of hydrogen-bond acceptors (Lipinski definition) is 9. The van der Waals surface area contributed by atoms with E-state index in [1.807, 2.05) is 17.5 Å². The zero-order chi connectivity index (χ0) is 28.6. The first-order valence-electron chi connectivity index (χ1n) is 12.2. The Labute approximate surface area is 239 Å². The fraction of sp³-hybridized carbons (Fsp3) is 0.222. The monoisotopic (exact) mass is 582 g/mol. The van der Waals surface area contributed by atoms with Gasteiger partial charge in [0, 0.05) is 24.8 Å². The van der Waals surface area contributed by atoms with Gasteiger partial charge in [0.15, 0.2) is 5.75 Å². The van der Waals surface area contributed by atoms with Crippen LogP contribution in [0.3, 0.4) is 0 Å². The number of imide groups is 1. The number of nitrogens with zero attached hydrogens (tertiary/aromatic N) is 3. The molecule has 3 N–H and O–H groups in total. The van der Waals surface area contributed by atoms with Crippen LogP contribution in [-0.2, 0) is 16.0 Å². The second-order valence-corrected chi connectivity index (χ2v) is 9.30. The van der Waals surface area contributed by atoms with E-state index in [2.05, 4.69) is 20.6 Å². The summed E-state index contributed by atoms with van der Waals surface area (Å²) >= 11 is 12.9. The lowest BCUT2D eigenvalue weighted by Crippen LogP contribution is -2.40. The molecule has 0 aliphatic carbocycles. The van der Waals surface area contributed by atoms with Crippen molar-refractivity contribution in [2.75, 3.05) is 30.0 Å². The molecule has 1 aromatic heterocycles. The molecule has 0 saturated heterocycles. The molecule has 0 bridgehead atoms. The highest BCUT2D eigenvalue weighted by Gasteiger charge is 2.27. The smallest absolute Gasteiger partial charge is 0.413 e. The van der Waals surface area contributed by atoms with Gasteiger partial charge in [0.05, 0.1) is 28.4 Å². The average Bonchev–Trinajstić information content (AvgIpc) is 2.94. The van der Waals surface area contributed by atoms with Crippen molar-refractivity contribution in [3.63, 3.8) is 0 Å². The van der Waals surface area contributed by atoms with Crippen LogP contribution < -0.4 is 25.8 Å². The van der Waals surface area contributed by atoms with Crippen molar-refractivity contribution < 1.29 is 23.9 Å². The second kappa shape index (κ2) is 13.1. The molecule has 13 heteroatoms. The van der Waals surface area contributed by atoms with E-state index in [0.717, 1.165) is 5.56 Å². The third-order valence-corrected chi connectivity index (χ3v) is 6.37. The number of carbonyl (C=O) groups is 3. The van der Waals surface area contributed by atoms with Crippen LogP contribution in [0.2, 0.25) is 10.0 Å². The summed E-state index contributed by atoms with van der Waals surface area (Å²) in [5.41, 5.74) is 7.39. The van der Waals surface area contributed by atoms with Crippen LogP contribution >= 0.6 is 23.2 Å². The van der Waals surface area contributed by atoms with Crippen molar-refractivity contribution in [3.8, 4) is 17.6 Å². The number of alkyl carbamates (subject to hydrolysis) is 1. The number of benzene rings is 2. The van der Waals surface area contributed by atoms with Gasteiger partial charge < -0.3 is 14.9 Å². The highest BCUT2D eigenvalue weighted by molar-refractivity contribution is 6.37. The molecule has 1 aliphatic heterocycles. The molecule has 2 heterocycles. The summed E-state index contributed by atoms with van der Waals surface area (Å²) in [6, 6.07) is 15.5. The molecule has 3 amide bonds.